The lowest BCUT2D eigenvalue weighted by molar-refractivity contribution is 0.444. The molecule has 2 aliphatic carbocycles. The maximum Gasteiger partial charge on any atom is 0.136 e. The first-order chi connectivity index (χ1) is 8.24. The van der Waals surface area contributed by atoms with Crippen molar-refractivity contribution in [2.75, 3.05) is 5.32 Å². The Morgan fingerprint density at radius 1 is 1.35 bits per heavy atom. The predicted molar refractivity (Wildman–Crippen MR) is 73.4 cm³/mol. The van der Waals surface area contributed by atoms with Crippen LogP contribution in [0.1, 0.15) is 42.5 Å². The summed E-state index contributed by atoms with van der Waals surface area (Å²) in [4.78, 5) is 5.17. The molecule has 3 N–H and O–H groups in total. The van der Waals surface area contributed by atoms with E-state index in [1.807, 2.05) is 0 Å². The third-order valence-electron chi connectivity index (χ3n) is 3.76. The van der Waals surface area contributed by atoms with Crippen molar-refractivity contribution >= 4 is 23.0 Å². The van der Waals surface area contributed by atoms with Gasteiger partial charge in [-0.3, -0.25) is 0 Å². The van der Waals surface area contributed by atoms with E-state index < -0.39 is 0 Å². The van der Waals surface area contributed by atoms with Crippen LogP contribution in [-0.2, 0) is 12.8 Å². The predicted octanol–water partition coefficient (Wildman–Crippen LogP) is 2.17. The van der Waals surface area contributed by atoms with Gasteiger partial charge >= 0.3 is 0 Å². The van der Waals surface area contributed by atoms with E-state index in [2.05, 4.69) is 11.4 Å². The summed E-state index contributed by atoms with van der Waals surface area (Å²) >= 11 is 5.13. The summed E-state index contributed by atoms with van der Waals surface area (Å²) in [6.45, 7) is 0. The molecule has 0 aromatic carbocycles. The van der Waals surface area contributed by atoms with Crippen molar-refractivity contribution in [3.63, 3.8) is 0 Å². The largest absolute Gasteiger partial charge is 0.389 e. The molecule has 17 heavy (non-hydrogen) atoms. The van der Waals surface area contributed by atoms with Gasteiger partial charge in [-0.05, 0) is 50.2 Å². The Hall–Kier alpha value is -1.16. The molecule has 0 saturated heterocycles. The highest BCUT2D eigenvalue weighted by molar-refractivity contribution is 7.80. The SMILES string of the molecule is NC(=S)c1cc2c(nc1NC1CCC1)CCC2. The van der Waals surface area contributed by atoms with E-state index in [0.717, 1.165) is 24.2 Å². The van der Waals surface area contributed by atoms with E-state index in [4.69, 9.17) is 22.9 Å². The third kappa shape index (κ3) is 2.02. The van der Waals surface area contributed by atoms with Gasteiger partial charge in [0.15, 0.2) is 0 Å². The van der Waals surface area contributed by atoms with Gasteiger partial charge in [-0.25, -0.2) is 4.98 Å². The maximum atomic E-state index is 5.80. The van der Waals surface area contributed by atoms with Crippen molar-refractivity contribution in [1.82, 2.24) is 4.98 Å². The van der Waals surface area contributed by atoms with Gasteiger partial charge in [-0.2, -0.15) is 0 Å². The molecule has 1 saturated carbocycles. The Bertz CT molecular complexity index is 466. The molecule has 3 rings (SSSR count). The van der Waals surface area contributed by atoms with Gasteiger partial charge in [0, 0.05) is 11.7 Å². The fourth-order valence-electron chi connectivity index (χ4n) is 2.52. The number of thiocarbonyl (C=S) groups is 1. The van der Waals surface area contributed by atoms with Crippen molar-refractivity contribution in [1.29, 1.82) is 0 Å². The summed E-state index contributed by atoms with van der Waals surface area (Å²) < 4.78 is 0. The highest BCUT2D eigenvalue weighted by atomic mass is 32.1. The quantitative estimate of drug-likeness (QED) is 0.804. The Labute approximate surface area is 107 Å². The van der Waals surface area contributed by atoms with E-state index in [0.29, 0.717) is 11.0 Å². The van der Waals surface area contributed by atoms with E-state index in [-0.39, 0.29) is 0 Å². The van der Waals surface area contributed by atoms with Crippen LogP contribution in [0.2, 0.25) is 0 Å². The van der Waals surface area contributed by atoms with Crippen molar-refractivity contribution < 1.29 is 0 Å². The minimum absolute atomic E-state index is 0.453. The smallest absolute Gasteiger partial charge is 0.136 e. The zero-order valence-corrected chi connectivity index (χ0v) is 10.6. The highest BCUT2D eigenvalue weighted by Gasteiger charge is 2.22. The topological polar surface area (TPSA) is 50.9 Å². The van der Waals surface area contributed by atoms with Crippen molar-refractivity contribution in [2.24, 2.45) is 5.73 Å². The second kappa shape index (κ2) is 4.26. The number of nitrogens with one attached hydrogen (secondary N) is 1. The Morgan fingerprint density at radius 2 is 2.18 bits per heavy atom. The summed E-state index contributed by atoms with van der Waals surface area (Å²) in [5.74, 6) is 0.905. The molecular weight excluding hydrogens is 230 g/mol. The second-order valence-electron chi connectivity index (χ2n) is 4.98. The molecule has 4 heteroatoms. The van der Waals surface area contributed by atoms with E-state index in [1.54, 1.807) is 0 Å². The van der Waals surface area contributed by atoms with Gasteiger partial charge in [0.05, 0.1) is 5.56 Å². The summed E-state index contributed by atoms with van der Waals surface area (Å²) in [6.07, 6.45) is 7.18. The Morgan fingerprint density at radius 3 is 2.82 bits per heavy atom. The number of nitrogens with zero attached hydrogens (tertiary/aromatic N) is 1. The van der Waals surface area contributed by atoms with E-state index in [9.17, 15) is 0 Å². The number of aromatic nitrogens is 1. The summed E-state index contributed by atoms with van der Waals surface area (Å²) in [6, 6.07) is 2.70. The van der Waals surface area contributed by atoms with Crippen LogP contribution in [-0.4, -0.2) is 16.0 Å². The van der Waals surface area contributed by atoms with Crippen LogP contribution in [0.25, 0.3) is 0 Å². The first kappa shape index (κ1) is 11.0. The monoisotopic (exact) mass is 247 g/mol. The molecule has 0 radical (unpaired) electrons. The number of aryl methyl sites for hydroxylation is 2. The minimum Gasteiger partial charge on any atom is -0.389 e. The molecule has 3 nitrogen and oxygen atoms in total. The van der Waals surface area contributed by atoms with E-state index in [1.165, 1.54) is 36.9 Å². The average molecular weight is 247 g/mol. The van der Waals surface area contributed by atoms with Crippen LogP contribution in [0.15, 0.2) is 6.07 Å². The van der Waals surface area contributed by atoms with Crippen molar-refractivity contribution in [2.45, 2.75) is 44.6 Å². The standard InChI is InChI=1S/C13H17N3S/c14-12(17)10-7-8-3-1-6-11(8)16-13(10)15-9-4-2-5-9/h7,9H,1-6H2,(H2,14,17)(H,15,16). The minimum atomic E-state index is 0.453. The third-order valence-corrected chi connectivity index (χ3v) is 3.98. The van der Waals surface area contributed by atoms with Crippen molar-refractivity contribution in [3.05, 3.63) is 22.9 Å². The Kier molecular flexibility index (Phi) is 2.74. The van der Waals surface area contributed by atoms with Crippen LogP contribution >= 0.6 is 12.2 Å². The number of nitrogens with two attached hydrogens (primary N) is 1. The zero-order valence-electron chi connectivity index (χ0n) is 9.83. The van der Waals surface area contributed by atoms with Crippen LogP contribution in [0, 0.1) is 0 Å². The molecule has 0 amide bonds. The van der Waals surface area contributed by atoms with Gasteiger partial charge in [-0.1, -0.05) is 12.2 Å². The number of fused-ring (bicyclic) bond motifs is 1. The van der Waals surface area contributed by atoms with Crippen LogP contribution in [0.3, 0.4) is 0 Å². The Balaban J connectivity index is 1.95. The second-order valence-corrected chi connectivity index (χ2v) is 5.42. The molecular formula is C13H17N3S. The van der Waals surface area contributed by atoms with Gasteiger partial charge in [-0.15, -0.1) is 0 Å². The molecule has 1 heterocycles. The van der Waals surface area contributed by atoms with Crippen molar-refractivity contribution in [3.8, 4) is 0 Å². The number of hydrogen-bond acceptors (Lipinski definition) is 3. The molecule has 0 unspecified atom stereocenters. The van der Waals surface area contributed by atoms with Crippen LogP contribution < -0.4 is 11.1 Å². The van der Waals surface area contributed by atoms with Gasteiger partial charge in [0.2, 0.25) is 0 Å². The molecule has 90 valence electrons. The van der Waals surface area contributed by atoms with Crippen LogP contribution in [0.4, 0.5) is 5.82 Å². The summed E-state index contributed by atoms with van der Waals surface area (Å²) in [7, 11) is 0. The number of hydrogen-bond donors (Lipinski definition) is 2. The number of rotatable bonds is 3. The van der Waals surface area contributed by atoms with Crippen LogP contribution in [0.5, 0.6) is 0 Å². The molecule has 2 aliphatic rings. The van der Waals surface area contributed by atoms with Gasteiger partial charge < -0.3 is 11.1 Å². The normalized spacial score (nSPS) is 18.6. The number of anilines is 1. The fourth-order valence-corrected chi connectivity index (χ4v) is 2.67. The molecule has 1 aromatic rings. The first-order valence-corrected chi connectivity index (χ1v) is 6.74. The zero-order chi connectivity index (χ0) is 11.8. The summed E-state index contributed by atoms with van der Waals surface area (Å²) in [5.41, 5.74) is 9.27. The van der Waals surface area contributed by atoms with Gasteiger partial charge in [0.1, 0.15) is 10.8 Å². The van der Waals surface area contributed by atoms with E-state index >= 15 is 0 Å². The number of pyridine rings is 1. The molecule has 1 fully saturated rings. The fraction of sp³-hybridized carbons (Fsp3) is 0.538. The lowest BCUT2D eigenvalue weighted by Gasteiger charge is -2.28. The molecule has 0 spiro atoms. The average Bonchev–Trinajstić information content (AvgIpc) is 2.68. The summed E-state index contributed by atoms with van der Waals surface area (Å²) in [5, 5.41) is 3.48. The highest BCUT2D eigenvalue weighted by Crippen LogP contribution is 2.28. The molecule has 0 atom stereocenters. The lowest BCUT2D eigenvalue weighted by Crippen LogP contribution is -2.29. The molecule has 1 aromatic heterocycles. The van der Waals surface area contributed by atoms with Gasteiger partial charge in [0.25, 0.3) is 0 Å². The maximum absolute atomic E-state index is 5.80. The first-order valence-electron chi connectivity index (χ1n) is 6.33. The molecule has 0 bridgehead atoms. The lowest BCUT2D eigenvalue weighted by atomic mass is 9.93. The molecule has 0 aliphatic heterocycles.